The Morgan fingerprint density at radius 3 is 2.76 bits per heavy atom. The summed E-state index contributed by atoms with van der Waals surface area (Å²) in [4.78, 5) is 21.4. The number of rotatable bonds is 5. The molecule has 1 amide bonds. The molecule has 1 N–H and O–H groups in total. The highest BCUT2D eigenvalue weighted by Crippen LogP contribution is 2.49. The molecule has 0 aromatic heterocycles. The number of carbonyl (C=O) groups excluding carboxylic acids is 1. The number of hydrogen-bond acceptors (Lipinski definition) is 9. The normalized spacial score (nSPS) is 34.6. The number of hydrogen-bond donors (Lipinski definition) is 1. The lowest BCUT2D eigenvalue weighted by atomic mass is 9.63. The predicted molar refractivity (Wildman–Crippen MR) is 217 cm³/mol. The summed E-state index contributed by atoms with van der Waals surface area (Å²) >= 11 is 6.53. The van der Waals surface area contributed by atoms with E-state index in [-0.39, 0.29) is 17.3 Å². The van der Waals surface area contributed by atoms with Gasteiger partial charge in [-0.15, -0.1) is 0 Å². The van der Waals surface area contributed by atoms with Gasteiger partial charge in [-0.3, -0.25) is 14.6 Å². The molecule has 2 bridgehead atoms. The molecule has 4 heterocycles. The molecule has 12 heteroatoms. The van der Waals surface area contributed by atoms with Crippen LogP contribution in [0.3, 0.4) is 0 Å². The molecule has 10 nitrogen and oxygen atoms in total. The molecule has 2 aromatic carbocycles. The average Bonchev–Trinajstić information content (AvgIpc) is 3.31. The third-order valence-electron chi connectivity index (χ3n) is 13.9. The summed E-state index contributed by atoms with van der Waals surface area (Å²) in [6.45, 7) is 12.2. The van der Waals surface area contributed by atoms with E-state index >= 15 is 0 Å². The van der Waals surface area contributed by atoms with Gasteiger partial charge in [0.25, 0.3) is 5.91 Å². The summed E-state index contributed by atoms with van der Waals surface area (Å²) in [5.41, 5.74) is 2.90. The van der Waals surface area contributed by atoms with Crippen molar-refractivity contribution in [3.8, 4) is 5.75 Å². The average molecular weight is 795 g/mol. The van der Waals surface area contributed by atoms with E-state index < -0.39 is 26.8 Å². The Morgan fingerprint density at radius 1 is 1.09 bits per heavy atom. The van der Waals surface area contributed by atoms with Gasteiger partial charge in [-0.1, -0.05) is 50.1 Å². The number of morpholine rings is 1. The highest BCUT2D eigenvalue weighted by Gasteiger charge is 2.50. The number of sulfonamides is 1. The van der Waals surface area contributed by atoms with Crippen LogP contribution in [0.4, 0.5) is 5.69 Å². The molecular weight excluding hydrogens is 736 g/mol. The number of benzene rings is 2. The smallest absolute Gasteiger partial charge is 0.264 e. The fourth-order valence-electron chi connectivity index (χ4n) is 10.8. The Labute approximate surface area is 332 Å². The number of nitrogens with zero attached hydrogens (tertiary/aromatic N) is 3. The molecule has 300 valence electrons. The standard InChI is InChI=1S/C43H59ClN4O6S/c1-4-7-40-30(2)8-5-17-43(52-3,28-46-18-19-47-20-21-53-26-35(47)25-46)37-13-10-33(37)24-48-27-42(16-6-9-31-22-34(44)12-14-36(31)42)29-54-39-15-11-32(23-38(39)48)41(49)45-55(40,50)51/h5,11-12,14-15,17,22-23,30,33,35,37,40H,4,6-10,13,16,18-21,24-29H2,1-3H3,(H,45,49)/b17-5+/t30-,33-,35-,37+,40+,42-,43-/m0/s1. The van der Waals surface area contributed by atoms with E-state index in [9.17, 15) is 13.2 Å². The van der Waals surface area contributed by atoms with Crippen molar-refractivity contribution in [2.24, 2.45) is 17.8 Å². The van der Waals surface area contributed by atoms with E-state index in [2.05, 4.69) is 43.7 Å². The number of piperazine rings is 1. The number of carbonyl (C=O) groups is 1. The maximum absolute atomic E-state index is 14.0. The summed E-state index contributed by atoms with van der Waals surface area (Å²) in [6, 6.07) is 12.1. The van der Waals surface area contributed by atoms with Gasteiger partial charge in [0, 0.05) is 75.0 Å². The Balaban J connectivity index is 1.20. The lowest BCUT2D eigenvalue weighted by Crippen LogP contribution is -2.62. The predicted octanol–water partition coefficient (Wildman–Crippen LogP) is 6.07. The molecule has 7 atom stereocenters. The highest BCUT2D eigenvalue weighted by molar-refractivity contribution is 7.90. The van der Waals surface area contributed by atoms with Crippen molar-refractivity contribution in [1.29, 1.82) is 0 Å². The Bertz CT molecular complexity index is 1880. The summed E-state index contributed by atoms with van der Waals surface area (Å²) in [5.74, 6) is 0.497. The minimum atomic E-state index is -3.98. The van der Waals surface area contributed by atoms with Crippen LogP contribution in [0.1, 0.15) is 80.3 Å². The van der Waals surface area contributed by atoms with Gasteiger partial charge in [0.2, 0.25) is 10.0 Å². The third kappa shape index (κ3) is 7.70. The number of amides is 1. The van der Waals surface area contributed by atoms with E-state index in [1.54, 1.807) is 6.07 Å². The fraction of sp³-hybridized carbons (Fsp3) is 0.651. The van der Waals surface area contributed by atoms with Gasteiger partial charge in [0.05, 0.1) is 30.8 Å². The minimum absolute atomic E-state index is 0.204. The fourth-order valence-corrected chi connectivity index (χ4v) is 12.8. The van der Waals surface area contributed by atoms with Crippen LogP contribution in [-0.2, 0) is 31.3 Å². The van der Waals surface area contributed by atoms with Gasteiger partial charge in [-0.25, -0.2) is 13.1 Å². The second-order valence-electron chi connectivity index (χ2n) is 17.3. The lowest BCUT2D eigenvalue weighted by molar-refractivity contribution is -0.108. The molecular formula is C43H59ClN4O6S. The largest absolute Gasteiger partial charge is 0.490 e. The number of methoxy groups -OCH3 is 1. The molecule has 1 saturated carbocycles. The van der Waals surface area contributed by atoms with Crippen molar-refractivity contribution < 1.29 is 27.4 Å². The molecule has 0 unspecified atom stereocenters. The third-order valence-corrected chi connectivity index (χ3v) is 16.1. The first-order valence-corrected chi connectivity index (χ1v) is 22.6. The van der Waals surface area contributed by atoms with Crippen molar-refractivity contribution in [3.63, 3.8) is 0 Å². The van der Waals surface area contributed by atoms with Crippen molar-refractivity contribution in [2.45, 2.75) is 87.5 Å². The highest BCUT2D eigenvalue weighted by atomic mass is 35.5. The van der Waals surface area contributed by atoms with Gasteiger partial charge in [-0.2, -0.15) is 0 Å². The van der Waals surface area contributed by atoms with Crippen LogP contribution in [0.15, 0.2) is 48.6 Å². The van der Waals surface area contributed by atoms with E-state index in [1.807, 2.05) is 39.2 Å². The van der Waals surface area contributed by atoms with Gasteiger partial charge in [0.1, 0.15) is 11.4 Å². The van der Waals surface area contributed by atoms with Crippen LogP contribution in [0.5, 0.6) is 5.75 Å². The van der Waals surface area contributed by atoms with Crippen LogP contribution >= 0.6 is 11.6 Å². The zero-order valence-electron chi connectivity index (χ0n) is 32.8. The number of nitrogens with one attached hydrogen (secondary N) is 1. The number of anilines is 1. The van der Waals surface area contributed by atoms with Crippen molar-refractivity contribution in [2.75, 3.05) is 77.6 Å². The second kappa shape index (κ2) is 15.9. The maximum Gasteiger partial charge on any atom is 0.264 e. The van der Waals surface area contributed by atoms with Crippen LogP contribution in [0, 0.1) is 17.8 Å². The molecule has 2 aromatic rings. The van der Waals surface area contributed by atoms with E-state index in [0.717, 1.165) is 108 Å². The molecule has 6 aliphatic rings. The molecule has 0 radical (unpaired) electrons. The maximum atomic E-state index is 14.0. The van der Waals surface area contributed by atoms with Crippen LogP contribution in [0.2, 0.25) is 5.02 Å². The van der Waals surface area contributed by atoms with Crippen LogP contribution in [-0.4, -0.2) is 114 Å². The Kier molecular flexibility index (Phi) is 11.3. The second-order valence-corrected chi connectivity index (χ2v) is 19.6. The Hall–Kier alpha value is -2.67. The number of ether oxygens (including phenoxy) is 3. The van der Waals surface area contributed by atoms with Gasteiger partial charge in [0.15, 0.2) is 0 Å². The van der Waals surface area contributed by atoms with E-state index in [0.29, 0.717) is 43.4 Å². The summed E-state index contributed by atoms with van der Waals surface area (Å²) in [5, 5.41) is 0.0330. The molecule has 1 spiro atoms. The number of halogens is 1. The monoisotopic (exact) mass is 794 g/mol. The first-order chi connectivity index (χ1) is 26.5. The minimum Gasteiger partial charge on any atom is -0.490 e. The van der Waals surface area contributed by atoms with Gasteiger partial charge in [-0.05, 0) is 104 Å². The SMILES string of the molecule is CCC[C@@H]1[C@@H](C)C/C=C/[C@@](CN2CCN3CCOC[C@@H]3C2)(OC)[C@@H]2CC[C@H]2CN2C[C@@]3(CCCc4cc(Cl)ccc43)COc3ccc(cc32)C(=O)NS1(=O)=O. The van der Waals surface area contributed by atoms with Crippen molar-refractivity contribution in [3.05, 3.63) is 70.3 Å². The zero-order valence-corrected chi connectivity index (χ0v) is 34.4. The topological polar surface area (TPSA) is 101 Å². The lowest BCUT2D eigenvalue weighted by Gasteiger charge is -2.53. The quantitative estimate of drug-likeness (QED) is 0.362. The number of aryl methyl sites for hydroxylation is 1. The summed E-state index contributed by atoms with van der Waals surface area (Å²) < 4.78 is 49.9. The van der Waals surface area contributed by atoms with E-state index in [1.165, 1.54) is 11.1 Å². The van der Waals surface area contributed by atoms with Crippen molar-refractivity contribution >= 4 is 33.2 Å². The van der Waals surface area contributed by atoms with Crippen molar-refractivity contribution in [1.82, 2.24) is 14.5 Å². The number of allylic oxidation sites excluding steroid dienone is 1. The first kappa shape index (κ1) is 39.2. The van der Waals surface area contributed by atoms with E-state index in [4.69, 9.17) is 25.8 Å². The molecule has 8 rings (SSSR count). The molecule has 2 aliphatic carbocycles. The number of fused-ring (bicyclic) bond motifs is 5. The molecule has 4 aliphatic heterocycles. The van der Waals surface area contributed by atoms with Gasteiger partial charge >= 0.3 is 0 Å². The summed E-state index contributed by atoms with van der Waals surface area (Å²) in [6.07, 6.45) is 11.3. The zero-order chi connectivity index (χ0) is 38.4. The van der Waals surface area contributed by atoms with Crippen LogP contribution < -0.4 is 14.4 Å². The van der Waals surface area contributed by atoms with Gasteiger partial charge < -0.3 is 19.1 Å². The molecule has 2 saturated heterocycles. The Morgan fingerprint density at radius 2 is 1.96 bits per heavy atom. The molecule has 3 fully saturated rings. The first-order valence-electron chi connectivity index (χ1n) is 20.7. The summed E-state index contributed by atoms with van der Waals surface area (Å²) in [7, 11) is -2.12. The van der Waals surface area contributed by atoms with Crippen LogP contribution in [0.25, 0.3) is 0 Å². The molecule has 55 heavy (non-hydrogen) atoms.